The summed E-state index contributed by atoms with van der Waals surface area (Å²) in [5.74, 6) is -1.60. The molecule has 0 spiro atoms. The van der Waals surface area contributed by atoms with Crippen molar-refractivity contribution in [2.24, 2.45) is 0 Å². The van der Waals surface area contributed by atoms with Gasteiger partial charge in [-0.05, 0) is 6.08 Å². The summed E-state index contributed by atoms with van der Waals surface area (Å²) >= 11 is 0. The summed E-state index contributed by atoms with van der Waals surface area (Å²) in [6.07, 6.45) is 1.05. The Hall–Kier alpha value is -1.20. The third-order valence-corrected chi connectivity index (χ3v) is 2.12. The first-order valence-electron chi connectivity index (χ1n) is 4.37. The average molecular weight is 199 g/mol. The summed E-state index contributed by atoms with van der Waals surface area (Å²) in [5, 5.41) is 8.88. The number of ether oxygens (including phenoxy) is 1. The van der Waals surface area contributed by atoms with Gasteiger partial charge in [-0.3, -0.25) is 14.5 Å². The van der Waals surface area contributed by atoms with E-state index >= 15 is 0 Å². The molecule has 1 atom stereocenters. The molecular weight excluding hydrogens is 186 g/mol. The van der Waals surface area contributed by atoms with Crippen LogP contribution in [0.3, 0.4) is 0 Å². The van der Waals surface area contributed by atoms with Gasteiger partial charge in [-0.1, -0.05) is 6.58 Å². The zero-order valence-corrected chi connectivity index (χ0v) is 7.81. The number of carboxylic acids is 1. The van der Waals surface area contributed by atoms with Crippen LogP contribution in [0.25, 0.3) is 0 Å². The fraction of sp³-hybridized carbons (Fsp3) is 0.556. The van der Waals surface area contributed by atoms with Crippen molar-refractivity contribution in [3.8, 4) is 0 Å². The van der Waals surface area contributed by atoms with Crippen LogP contribution >= 0.6 is 0 Å². The molecule has 78 valence electrons. The third-order valence-electron chi connectivity index (χ3n) is 2.12. The van der Waals surface area contributed by atoms with Crippen LogP contribution in [0.1, 0.15) is 0 Å². The van der Waals surface area contributed by atoms with Gasteiger partial charge in [0.15, 0.2) is 11.8 Å². The summed E-state index contributed by atoms with van der Waals surface area (Å²) in [7, 11) is 0. The summed E-state index contributed by atoms with van der Waals surface area (Å²) in [6, 6.07) is -1.10. The lowest BCUT2D eigenvalue weighted by Gasteiger charge is -2.30. The minimum absolute atomic E-state index is 0.466. The van der Waals surface area contributed by atoms with Crippen LogP contribution in [0, 0.1) is 0 Å². The second-order valence-electron chi connectivity index (χ2n) is 3.00. The molecule has 1 rings (SSSR count). The third kappa shape index (κ3) is 2.40. The van der Waals surface area contributed by atoms with Crippen LogP contribution < -0.4 is 0 Å². The van der Waals surface area contributed by atoms with E-state index in [0.717, 1.165) is 6.08 Å². The van der Waals surface area contributed by atoms with Gasteiger partial charge in [-0.25, -0.2) is 0 Å². The lowest BCUT2D eigenvalue weighted by molar-refractivity contribution is -0.148. The molecule has 1 unspecified atom stereocenters. The first-order valence-corrected chi connectivity index (χ1v) is 4.37. The molecule has 0 radical (unpaired) electrons. The maximum Gasteiger partial charge on any atom is 0.329 e. The molecule has 5 nitrogen and oxygen atoms in total. The quantitative estimate of drug-likeness (QED) is 0.489. The predicted molar refractivity (Wildman–Crippen MR) is 49.0 cm³/mol. The maximum atomic E-state index is 11.3. The Morgan fingerprint density at radius 2 is 2.00 bits per heavy atom. The summed E-state index contributed by atoms with van der Waals surface area (Å²) in [4.78, 5) is 23.7. The molecule has 0 aromatic heterocycles. The molecule has 0 bridgehead atoms. The van der Waals surface area contributed by atoms with Gasteiger partial charge in [0.05, 0.1) is 13.2 Å². The molecule has 0 aliphatic carbocycles. The van der Waals surface area contributed by atoms with Crippen molar-refractivity contribution in [2.45, 2.75) is 6.04 Å². The molecule has 1 N–H and O–H groups in total. The van der Waals surface area contributed by atoms with Gasteiger partial charge in [0.2, 0.25) is 0 Å². The van der Waals surface area contributed by atoms with Gasteiger partial charge in [-0.15, -0.1) is 0 Å². The second kappa shape index (κ2) is 4.88. The lowest BCUT2D eigenvalue weighted by Crippen LogP contribution is -2.51. The van der Waals surface area contributed by atoms with Gasteiger partial charge < -0.3 is 9.84 Å². The highest BCUT2D eigenvalue weighted by molar-refractivity contribution is 6.07. The van der Waals surface area contributed by atoms with E-state index in [-0.39, 0.29) is 0 Å². The minimum Gasteiger partial charge on any atom is -0.480 e. The van der Waals surface area contributed by atoms with Crippen LogP contribution in [0.15, 0.2) is 12.7 Å². The van der Waals surface area contributed by atoms with Gasteiger partial charge in [0.25, 0.3) is 0 Å². The number of aliphatic carboxylic acids is 1. The fourth-order valence-electron chi connectivity index (χ4n) is 1.41. The number of rotatable bonds is 4. The van der Waals surface area contributed by atoms with Crippen molar-refractivity contribution in [1.82, 2.24) is 4.90 Å². The van der Waals surface area contributed by atoms with Crippen molar-refractivity contribution in [1.29, 1.82) is 0 Å². The molecule has 1 aliphatic rings. The number of hydrogen-bond donors (Lipinski definition) is 1. The number of carbonyl (C=O) groups excluding carboxylic acids is 1. The molecule has 5 heteroatoms. The summed E-state index contributed by atoms with van der Waals surface area (Å²) < 4.78 is 5.07. The lowest BCUT2D eigenvalue weighted by atomic mass is 10.1. The normalized spacial score (nSPS) is 20.0. The van der Waals surface area contributed by atoms with E-state index in [1.54, 1.807) is 4.90 Å². The Bertz CT molecular complexity index is 245. The van der Waals surface area contributed by atoms with E-state index in [0.29, 0.717) is 26.3 Å². The van der Waals surface area contributed by atoms with Crippen LogP contribution in [0.5, 0.6) is 0 Å². The van der Waals surface area contributed by atoms with E-state index in [1.807, 2.05) is 0 Å². The molecule has 0 aromatic rings. The standard InChI is InChI=1S/C9H13NO4/c1-2-7(11)8(9(12)13)10-3-5-14-6-4-10/h2,8H,1,3-6H2,(H,12,13). The highest BCUT2D eigenvalue weighted by Gasteiger charge is 2.31. The molecule has 1 aliphatic heterocycles. The molecule has 0 aromatic carbocycles. The summed E-state index contributed by atoms with van der Waals surface area (Å²) in [6.45, 7) is 5.16. The molecular formula is C9H13NO4. The van der Waals surface area contributed by atoms with E-state index in [9.17, 15) is 9.59 Å². The molecule has 0 amide bonds. The highest BCUT2D eigenvalue weighted by atomic mass is 16.5. The van der Waals surface area contributed by atoms with Gasteiger partial charge in [0, 0.05) is 13.1 Å². The van der Waals surface area contributed by atoms with Gasteiger partial charge >= 0.3 is 5.97 Å². The van der Waals surface area contributed by atoms with E-state index in [1.165, 1.54) is 0 Å². The van der Waals surface area contributed by atoms with Crippen molar-refractivity contribution >= 4 is 11.8 Å². The van der Waals surface area contributed by atoms with Gasteiger partial charge in [0.1, 0.15) is 0 Å². The number of carbonyl (C=O) groups is 2. The Morgan fingerprint density at radius 3 is 2.43 bits per heavy atom. The molecule has 1 heterocycles. The van der Waals surface area contributed by atoms with E-state index in [4.69, 9.17) is 9.84 Å². The predicted octanol–water partition coefficient (Wildman–Crippen LogP) is -0.473. The SMILES string of the molecule is C=CC(=O)C(C(=O)O)N1CCOCC1. The Kier molecular flexibility index (Phi) is 3.79. The van der Waals surface area contributed by atoms with Crippen LogP contribution in [0.2, 0.25) is 0 Å². The number of ketones is 1. The zero-order chi connectivity index (χ0) is 10.6. The first kappa shape index (κ1) is 10.9. The minimum atomic E-state index is -1.13. The van der Waals surface area contributed by atoms with Crippen LogP contribution in [0.4, 0.5) is 0 Å². The fourth-order valence-corrected chi connectivity index (χ4v) is 1.41. The Morgan fingerprint density at radius 1 is 1.43 bits per heavy atom. The summed E-state index contributed by atoms with van der Waals surface area (Å²) in [5.41, 5.74) is 0. The smallest absolute Gasteiger partial charge is 0.329 e. The van der Waals surface area contributed by atoms with Gasteiger partial charge in [-0.2, -0.15) is 0 Å². The van der Waals surface area contributed by atoms with Crippen molar-refractivity contribution in [3.05, 3.63) is 12.7 Å². The molecule has 1 saturated heterocycles. The van der Waals surface area contributed by atoms with Crippen LogP contribution in [-0.4, -0.2) is 54.1 Å². The maximum absolute atomic E-state index is 11.3. The topological polar surface area (TPSA) is 66.8 Å². The number of carboxylic acid groups (broad SMARTS) is 1. The average Bonchev–Trinajstić information content (AvgIpc) is 2.19. The van der Waals surface area contributed by atoms with Crippen LogP contribution in [-0.2, 0) is 14.3 Å². The monoisotopic (exact) mass is 199 g/mol. The van der Waals surface area contributed by atoms with Crippen molar-refractivity contribution in [3.63, 3.8) is 0 Å². The number of hydrogen-bond acceptors (Lipinski definition) is 4. The van der Waals surface area contributed by atoms with Crippen molar-refractivity contribution in [2.75, 3.05) is 26.3 Å². The zero-order valence-electron chi connectivity index (χ0n) is 7.81. The Balaban J connectivity index is 2.70. The number of morpholine rings is 1. The number of nitrogens with zero attached hydrogens (tertiary/aromatic N) is 1. The Labute approximate surface area is 82.0 Å². The molecule has 0 saturated carbocycles. The van der Waals surface area contributed by atoms with Crippen molar-refractivity contribution < 1.29 is 19.4 Å². The first-order chi connectivity index (χ1) is 6.66. The van der Waals surface area contributed by atoms with E-state index in [2.05, 4.69) is 6.58 Å². The highest BCUT2D eigenvalue weighted by Crippen LogP contribution is 2.06. The second-order valence-corrected chi connectivity index (χ2v) is 3.00. The molecule has 1 fully saturated rings. The largest absolute Gasteiger partial charge is 0.480 e. The van der Waals surface area contributed by atoms with E-state index < -0.39 is 17.8 Å². The molecule has 14 heavy (non-hydrogen) atoms.